The Morgan fingerprint density at radius 1 is 1.19 bits per heavy atom. The number of hydrogen-bond acceptors (Lipinski definition) is 3. The zero-order chi connectivity index (χ0) is 15.8. The number of carboxylic acids is 1. The Morgan fingerprint density at radius 3 is 2.52 bits per heavy atom. The molecule has 6 nitrogen and oxygen atoms in total. The van der Waals surface area contributed by atoms with Crippen molar-refractivity contribution < 1.29 is 14.7 Å². The minimum atomic E-state index is -0.785. The Balaban J connectivity index is 2.49. The van der Waals surface area contributed by atoms with Crippen molar-refractivity contribution in [3.63, 3.8) is 0 Å². The minimum Gasteiger partial charge on any atom is -0.481 e. The summed E-state index contributed by atoms with van der Waals surface area (Å²) in [5, 5.41) is 8.83. The molecule has 6 heteroatoms. The van der Waals surface area contributed by atoms with E-state index >= 15 is 0 Å². The zero-order valence-electron chi connectivity index (χ0n) is 13.5. The molecule has 0 spiro atoms. The third-order valence-corrected chi connectivity index (χ3v) is 3.99. The van der Waals surface area contributed by atoms with Crippen molar-refractivity contribution >= 4 is 12.0 Å². The first-order valence-corrected chi connectivity index (χ1v) is 7.80. The molecule has 1 aliphatic heterocycles. The third kappa shape index (κ3) is 6.33. The van der Waals surface area contributed by atoms with Crippen molar-refractivity contribution in [2.45, 2.75) is 44.6 Å². The lowest BCUT2D eigenvalue weighted by Gasteiger charge is -2.38. The molecule has 21 heavy (non-hydrogen) atoms. The van der Waals surface area contributed by atoms with Crippen molar-refractivity contribution in [2.75, 3.05) is 40.8 Å². The van der Waals surface area contributed by atoms with E-state index < -0.39 is 5.97 Å². The molecule has 1 saturated heterocycles. The lowest BCUT2D eigenvalue weighted by Crippen LogP contribution is -2.49. The summed E-state index contributed by atoms with van der Waals surface area (Å²) in [5.74, 6) is -0.785. The number of rotatable bonds is 7. The topological polar surface area (TPSA) is 64.1 Å². The fourth-order valence-electron chi connectivity index (χ4n) is 2.78. The summed E-state index contributed by atoms with van der Waals surface area (Å²) in [6.45, 7) is 2.44. The number of amides is 2. The summed E-state index contributed by atoms with van der Waals surface area (Å²) in [5.41, 5.74) is 0. The minimum absolute atomic E-state index is 0.0452. The van der Waals surface area contributed by atoms with E-state index in [4.69, 9.17) is 5.11 Å². The van der Waals surface area contributed by atoms with Crippen molar-refractivity contribution in [3.8, 4) is 0 Å². The predicted molar refractivity (Wildman–Crippen MR) is 82.4 cm³/mol. The number of piperidine rings is 1. The van der Waals surface area contributed by atoms with Gasteiger partial charge in [0.2, 0.25) is 0 Å². The molecular formula is C15H29N3O3. The van der Waals surface area contributed by atoms with Crippen LogP contribution < -0.4 is 0 Å². The second-order valence-electron chi connectivity index (χ2n) is 6.14. The number of nitrogens with zero attached hydrogens (tertiary/aromatic N) is 3. The highest BCUT2D eigenvalue weighted by atomic mass is 16.4. The fraction of sp³-hybridized carbons (Fsp3) is 0.867. The van der Waals surface area contributed by atoms with Crippen molar-refractivity contribution in [1.82, 2.24) is 14.7 Å². The van der Waals surface area contributed by atoms with Gasteiger partial charge < -0.3 is 19.8 Å². The van der Waals surface area contributed by atoms with Gasteiger partial charge in [0.25, 0.3) is 0 Å². The molecule has 0 aromatic rings. The Bertz CT molecular complexity index is 347. The van der Waals surface area contributed by atoms with Gasteiger partial charge in [0.05, 0.1) is 0 Å². The van der Waals surface area contributed by atoms with Gasteiger partial charge in [-0.3, -0.25) is 4.79 Å². The predicted octanol–water partition coefficient (Wildman–Crippen LogP) is 1.71. The molecule has 1 N–H and O–H groups in total. The molecule has 1 atom stereocenters. The standard InChI is InChI=1S/C15H29N3O3/c1-16(2)10-6-11-17(3)15(21)18-12-5-4-7-13(18)8-9-14(19)20/h13H,4-12H2,1-3H3,(H,19,20). The first-order valence-electron chi connectivity index (χ1n) is 7.80. The number of aliphatic carboxylic acids is 1. The van der Waals surface area contributed by atoms with Gasteiger partial charge in [0, 0.05) is 32.6 Å². The zero-order valence-corrected chi connectivity index (χ0v) is 13.5. The quantitative estimate of drug-likeness (QED) is 0.777. The van der Waals surface area contributed by atoms with Gasteiger partial charge in [-0.1, -0.05) is 0 Å². The molecule has 122 valence electrons. The normalized spacial score (nSPS) is 18.9. The van der Waals surface area contributed by atoms with E-state index in [9.17, 15) is 9.59 Å². The first-order chi connectivity index (χ1) is 9.91. The summed E-state index contributed by atoms with van der Waals surface area (Å²) in [4.78, 5) is 29.0. The molecule has 1 heterocycles. The number of carboxylic acid groups (broad SMARTS) is 1. The van der Waals surface area contributed by atoms with Gasteiger partial charge in [-0.25, -0.2) is 4.79 Å². The fourth-order valence-corrected chi connectivity index (χ4v) is 2.78. The van der Waals surface area contributed by atoms with Crippen LogP contribution in [-0.2, 0) is 4.79 Å². The maximum absolute atomic E-state index is 12.5. The van der Waals surface area contributed by atoms with Crippen LogP contribution in [-0.4, -0.2) is 78.6 Å². The van der Waals surface area contributed by atoms with Crippen LogP contribution >= 0.6 is 0 Å². The number of likely N-dealkylation sites (tertiary alicyclic amines) is 1. The lowest BCUT2D eigenvalue weighted by molar-refractivity contribution is -0.137. The molecular weight excluding hydrogens is 270 g/mol. The van der Waals surface area contributed by atoms with E-state index in [1.807, 2.05) is 26.0 Å². The number of carbonyl (C=O) groups is 2. The Labute approximate surface area is 127 Å². The average Bonchev–Trinajstić information content (AvgIpc) is 2.44. The number of hydrogen-bond donors (Lipinski definition) is 1. The van der Waals surface area contributed by atoms with Gasteiger partial charge >= 0.3 is 12.0 Å². The summed E-state index contributed by atoms with van der Waals surface area (Å²) in [6, 6.07) is 0.127. The highest BCUT2D eigenvalue weighted by molar-refractivity contribution is 5.74. The van der Waals surface area contributed by atoms with Crippen LogP contribution in [0.1, 0.15) is 38.5 Å². The number of carbonyl (C=O) groups excluding carboxylic acids is 1. The van der Waals surface area contributed by atoms with Crippen LogP contribution in [0.3, 0.4) is 0 Å². The molecule has 0 saturated carbocycles. The molecule has 0 aromatic heterocycles. The van der Waals surface area contributed by atoms with Crippen LogP contribution in [0.15, 0.2) is 0 Å². The van der Waals surface area contributed by atoms with E-state index in [2.05, 4.69) is 4.90 Å². The third-order valence-electron chi connectivity index (χ3n) is 3.99. The van der Waals surface area contributed by atoms with E-state index in [1.165, 1.54) is 0 Å². The average molecular weight is 299 g/mol. The highest BCUT2D eigenvalue weighted by Gasteiger charge is 2.28. The maximum Gasteiger partial charge on any atom is 0.319 e. The molecule has 0 aliphatic carbocycles. The van der Waals surface area contributed by atoms with Crippen molar-refractivity contribution in [3.05, 3.63) is 0 Å². The van der Waals surface area contributed by atoms with E-state index in [1.54, 1.807) is 4.90 Å². The van der Waals surface area contributed by atoms with Crippen molar-refractivity contribution in [2.24, 2.45) is 0 Å². The second-order valence-corrected chi connectivity index (χ2v) is 6.14. The lowest BCUT2D eigenvalue weighted by atomic mass is 9.98. The highest BCUT2D eigenvalue weighted by Crippen LogP contribution is 2.22. The number of urea groups is 1. The van der Waals surface area contributed by atoms with Crippen LogP contribution in [0.4, 0.5) is 4.79 Å². The van der Waals surface area contributed by atoms with Gasteiger partial charge in [-0.2, -0.15) is 0 Å². The van der Waals surface area contributed by atoms with Gasteiger partial charge in [0.1, 0.15) is 0 Å². The van der Waals surface area contributed by atoms with Crippen LogP contribution in [0.5, 0.6) is 0 Å². The van der Waals surface area contributed by atoms with Gasteiger partial charge in [0.15, 0.2) is 0 Å². The Morgan fingerprint density at radius 2 is 1.90 bits per heavy atom. The smallest absolute Gasteiger partial charge is 0.319 e. The monoisotopic (exact) mass is 299 g/mol. The summed E-state index contributed by atoms with van der Waals surface area (Å²) < 4.78 is 0. The summed E-state index contributed by atoms with van der Waals surface area (Å²) in [6.07, 6.45) is 4.66. The molecule has 2 amide bonds. The largest absolute Gasteiger partial charge is 0.481 e. The molecule has 0 bridgehead atoms. The van der Waals surface area contributed by atoms with Crippen molar-refractivity contribution in [1.29, 1.82) is 0 Å². The molecule has 1 fully saturated rings. The van der Waals surface area contributed by atoms with Crippen LogP contribution in [0, 0.1) is 0 Å². The first kappa shape index (κ1) is 17.8. The molecule has 1 unspecified atom stereocenters. The van der Waals surface area contributed by atoms with E-state index in [0.29, 0.717) is 6.42 Å². The summed E-state index contributed by atoms with van der Waals surface area (Å²) >= 11 is 0. The van der Waals surface area contributed by atoms with Crippen LogP contribution in [0.2, 0.25) is 0 Å². The van der Waals surface area contributed by atoms with Crippen LogP contribution in [0.25, 0.3) is 0 Å². The van der Waals surface area contributed by atoms with E-state index in [-0.39, 0.29) is 18.5 Å². The van der Waals surface area contributed by atoms with Gasteiger partial charge in [-0.15, -0.1) is 0 Å². The van der Waals surface area contributed by atoms with Gasteiger partial charge in [-0.05, 0) is 52.7 Å². The summed E-state index contributed by atoms with van der Waals surface area (Å²) in [7, 11) is 5.88. The maximum atomic E-state index is 12.5. The Hall–Kier alpha value is -1.30. The molecule has 0 aromatic carbocycles. The Kier molecular flexibility index (Phi) is 7.50. The second kappa shape index (κ2) is 8.87. The molecule has 1 aliphatic rings. The molecule has 1 rings (SSSR count). The SMILES string of the molecule is CN(C)CCCN(C)C(=O)N1CCCCC1CCC(=O)O. The molecule has 0 radical (unpaired) electrons. The van der Waals surface area contributed by atoms with E-state index in [0.717, 1.165) is 45.3 Å².